The molecule has 1 aromatic rings. The van der Waals surface area contributed by atoms with Gasteiger partial charge in [0.25, 0.3) is 0 Å². The van der Waals surface area contributed by atoms with Gasteiger partial charge >= 0.3 is 0 Å². The quantitative estimate of drug-likeness (QED) is 0.537. The highest BCUT2D eigenvalue weighted by Crippen LogP contribution is 2.19. The topological polar surface area (TPSA) is 51.1 Å². The molecule has 2 N–H and O–H groups in total. The van der Waals surface area contributed by atoms with Crippen molar-refractivity contribution in [3.8, 4) is 0 Å². The Morgan fingerprint density at radius 2 is 2.00 bits per heavy atom. The van der Waals surface area contributed by atoms with Crippen LogP contribution >= 0.6 is 11.6 Å². The van der Waals surface area contributed by atoms with Gasteiger partial charge in [-0.15, -0.1) is 0 Å². The predicted molar refractivity (Wildman–Crippen MR) is 110 cm³/mol. The Bertz CT molecular complexity index is 559. The summed E-state index contributed by atoms with van der Waals surface area (Å²) in [6, 6.07) is 7.30. The standard InChI is InChI=1S/C20H33ClN4O/c1-4-22-20(23-13-19(26)17-7-9-18(21)10-8-17)25-12-11-16(15-25)14-24(5-2)6-3/h7-10,16,19,26H,4-6,11-15H2,1-3H3,(H,22,23). The zero-order valence-corrected chi connectivity index (χ0v) is 17.0. The van der Waals surface area contributed by atoms with Gasteiger partial charge in [-0.3, -0.25) is 4.99 Å². The lowest BCUT2D eigenvalue weighted by Crippen LogP contribution is -2.41. The number of benzene rings is 1. The largest absolute Gasteiger partial charge is 0.386 e. The van der Waals surface area contributed by atoms with Crippen LogP contribution in [0.4, 0.5) is 0 Å². The highest BCUT2D eigenvalue weighted by atomic mass is 35.5. The van der Waals surface area contributed by atoms with E-state index in [9.17, 15) is 5.11 Å². The van der Waals surface area contributed by atoms with Gasteiger partial charge in [0.2, 0.25) is 0 Å². The number of hydrogen-bond donors (Lipinski definition) is 2. The first-order chi connectivity index (χ1) is 12.6. The first-order valence-electron chi connectivity index (χ1n) is 9.76. The molecular formula is C20H33ClN4O. The molecule has 1 heterocycles. The second-order valence-corrected chi connectivity index (χ2v) is 7.28. The Balaban J connectivity index is 1.95. The summed E-state index contributed by atoms with van der Waals surface area (Å²) < 4.78 is 0. The van der Waals surface area contributed by atoms with E-state index >= 15 is 0 Å². The number of guanidine groups is 1. The van der Waals surface area contributed by atoms with E-state index in [-0.39, 0.29) is 0 Å². The minimum absolute atomic E-state index is 0.348. The first kappa shape index (κ1) is 21.0. The van der Waals surface area contributed by atoms with Crippen molar-refractivity contribution in [2.45, 2.75) is 33.3 Å². The van der Waals surface area contributed by atoms with Crippen LogP contribution in [0, 0.1) is 5.92 Å². The molecule has 1 fully saturated rings. The maximum absolute atomic E-state index is 10.4. The molecule has 1 saturated heterocycles. The molecule has 0 aliphatic carbocycles. The molecule has 26 heavy (non-hydrogen) atoms. The summed E-state index contributed by atoms with van der Waals surface area (Å²) in [5, 5.41) is 14.5. The predicted octanol–water partition coefficient (Wildman–Crippen LogP) is 3.00. The minimum Gasteiger partial charge on any atom is -0.386 e. The van der Waals surface area contributed by atoms with Crippen LogP contribution in [-0.2, 0) is 0 Å². The van der Waals surface area contributed by atoms with E-state index in [1.54, 1.807) is 12.1 Å². The lowest BCUT2D eigenvalue weighted by Gasteiger charge is -2.24. The van der Waals surface area contributed by atoms with E-state index in [4.69, 9.17) is 11.6 Å². The normalized spacial score (nSPS) is 19.2. The SMILES string of the molecule is CCNC(=NCC(O)c1ccc(Cl)cc1)N1CCC(CN(CC)CC)C1. The molecule has 2 unspecified atom stereocenters. The molecule has 1 aliphatic heterocycles. The lowest BCUT2D eigenvalue weighted by atomic mass is 10.1. The van der Waals surface area contributed by atoms with Crippen molar-refractivity contribution in [3.63, 3.8) is 0 Å². The van der Waals surface area contributed by atoms with Crippen LogP contribution in [0.2, 0.25) is 5.02 Å². The number of nitrogens with one attached hydrogen (secondary N) is 1. The molecule has 0 bridgehead atoms. The lowest BCUT2D eigenvalue weighted by molar-refractivity contribution is 0.186. The van der Waals surface area contributed by atoms with Crippen molar-refractivity contribution in [2.75, 3.05) is 45.8 Å². The van der Waals surface area contributed by atoms with Gasteiger partial charge in [0.15, 0.2) is 5.96 Å². The van der Waals surface area contributed by atoms with E-state index < -0.39 is 6.10 Å². The van der Waals surface area contributed by atoms with Gasteiger partial charge < -0.3 is 20.2 Å². The van der Waals surface area contributed by atoms with Gasteiger partial charge in [0.1, 0.15) is 0 Å². The van der Waals surface area contributed by atoms with Crippen molar-refractivity contribution < 1.29 is 5.11 Å². The Kier molecular flexibility index (Phi) is 8.69. The highest BCUT2D eigenvalue weighted by molar-refractivity contribution is 6.30. The van der Waals surface area contributed by atoms with E-state index in [2.05, 4.69) is 40.9 Å². The van der Waals surface area contributed by atoms with Crippen molar-refractivity contribution in [2.24, 2.45) is 10.9 Å². The van der Waals surface area contributed by atoms with Gasteiger partial charge in [-0.05, 0) is 50.0 Å². The first-order valence-corrected chi connectivity index (χ1v) is 10.1. The van der Waals surface area contributed by atoms with E-state index in [0.717, 1.165) is 50.8 Å². The Labute approximate surface area is 163 Å². The average molecular weight is 381 g/mol. The number of aliphatic hydroxyl groups excluding tert-OH is 1. The number of aliphatic hydroxyl groups is 1. The summed E-state index contributed by atoms with van der Waals surface area (Å²) in [6.07, 6.45) is 0.579. The summed E-state index contributed by atoms with van der Waals surface area (Å²) in [7, 11) is 0. The summed E-state index contributed by atoms with van der Waals surface area (Å²) in [4.78, 5) is 9.50. The van der Waals surface area contributed by atoms with Crippen LogP contribution in [0.3, 0.4) is 0 Å². The van der Waals surface area contributed by atoms with E-state index in [1.807, 2.05) is 12.1 Å². The van der Waals surface area contributed by atoms with E-state index in [1.165, 1.54) is 6.42 Å². The highest BCUT2D eigenvalue weighted by Gasteiger charge is 2.26. The fraction of sp³-hybridized carbons (Fsp3) is 0.650. The van der Waals surface area contributed by atoms with Gasteiger partial charge in [0.05, 0.1) is 12.6 Å². The van der Waals surface area contributed by atoms with Gasteiger partial charge in [-0.1, -0.05) is 37.6 Å². The van der Waals surface area contributed by atoms with Crippen molar-refractivity contribution in [3.05, 3.63) is 34.9 Å². The van der Waals surface area contributed by atoms with Crippen LogP contribution in [0.1, 0.15) is 38.9 Å². The van der Waals surface area contributed by atoms with Gasteiger partial charge in [0, 0.05) is 31.2 Å². The van der Waals surface area contributed by atoms with Crippen LogP contribution in [-0.4, -0.2) is 66.7 Å². The van der Waals surface area contributed by atoms with Gasteiger partial charge in [-0.2, -0.15) is 0 Å². The molecule has 146 valence electrons. The van der Waals surface area contributed by atoms with Crippen LogP contribution < -0.4 is 5.32 Å². The maximum Gasteiger partial charge on any atom is 0.194 e. The third-order valence-electron chi connectivity index (χ3n) is 5.00. The second-order valence-electron chi connectivity index (χ2n) is 6.85. The minimum atomic E-state index is -0.616. The molecule has 0 saturated carbocycles. The number of rotatable bonds is 8. The second kappa shape index (κ2) is 10.8. The van der Waals surface area contributed by atoms with Crippen molar-refractivity contribution in [1.82, 2.24) is 15.1 Å². The molecule has 1 aliphatic rings. The molecule has 0 amide bonds. The monoisotopic (exact) mass is 380 g/mol. The molecule has 1 aromatic carbocycles. The van der Waals surface area contributed by atoms with Gasteiger partial charge in [-0.25, -0.2) is 0 Å². The van der Waals surface area contributed by atoms with Crippen molar-refractivity contribution >= 4 is 17.6 Å². The smallest absolute Gasteiger partial charge is 0.194 e. The van der Waals surface area contributed by atoms with E-state index in [0.29, 0.717) is 17.5 Å². The summed E-state index contributed by atoms with van der Waals surface area (Å²) in [6.45, 7) is 13.1. The Hall–Kier alpha value is -1.30. The zero-order chi connectivity index (χ0) is 18.9. The Morgan fingerprint density at radius 1 is 1.31 bits per heavy atom. The number of hydrogen-bond acceptors (Lipinski definition) is 3. The van der Waals surface area contributed by atoms with Crippen molar-refractivity contribution in [1.29, 1.82) is 0 Å². The molecule has 6 heteroatoms. The molecule has 2 rings (SSSR count). The third kappa shape index (κ3) is 6.15. The molecular weight excluding hydrogens is 348 g/mol. The maximum atomic E-state index is 10.4. The zero-order valence-electron chi connectivity index (χ0n) is 16.3. The average Bonchev–Trinajstić information content (AvgIpc) is 3.11. The number of aliphatic imine (C=N–C) groups is 1. The van der Waals surface area contributed by atoms with Crippen LogP contribution in [0.25, 0.3) is 0 Å². The fourth-order valence-corrected chi connectivity index (χ4v) is 3.54. The summed E-state index contributed by atoms with van der Waals surface area (Å²) >= 11 is 5.91. The third-order valence-corrected chi connectivity index (χ3v) is 5.25. The number of halogens is 1. The number of nitrogens with zero attached hydrogens (tertiary/aromatic N) is 3. The molecule has 5 nitrogen and oxygen atoms in total. The Morgan fingerprint density at radius 3 is 2.62 bits per heavy atom. The summed E-state index contributed by atoms with van der Waals surface area (Å²) in [5.74, 6) is 1.59. The van der Waals surface area contributed by atoms with Crippen LogP contribution in [0.5, 0.6) is 0 Å². The van der Waals surface area contributed by atoms with Crippen LogP contribution in [0.15, 0.2) is 29.3 Å². The molecule has 0 aromatic heterocycles. The fourth-order valence-electron chi connectivity index (χ4n) is 3.41. The summed E-state index contributed by atoms with van der Waals surface area (Å²) in [5.41, 5.74) is 0.842. The molecule has 0 spiro atoms. The molecule has 2 atom stereocenters. The number of likely N-dealkylation sites (tertiary alicyclic amines) is 1. The molecule has 0 radical (unpaired) electrons.